The normalized spacial score (nSPS) is 12.2. The van der Waals surface area contributed by atoms with Crippen LogP contribution in [-0.4, -0.2) is 17.6 Å². The molecule has 1 atom stereocenters. The Hall–Kier alpha value is -1.72. The van der Waals surface area contributed by atoms with E-state index in [1.165, 1.54) is 23.5 Å². The zero-order chi connectivity index (χ0) is 13.8. The van der Waals surface area contributed by atoms with Crippen LogP contribution in [0.3, 0.4) is 0 Å². The van der Waals surface area contributed by atoms with Gasteiger partial charge in [-0.1, -0.05) is 6.07 Å². The highest BCUT2D eigenvalue weighted by atomic mass is 32.1. The zero-order valence-electron chi connectivity index (χ0n) is 10.4. The lowest BCUT2D eigenvalue weighted by atomic mass is 10.1. The van der Waals surface area contributed by atoms with Gasteiger partial charge in [0.05, 0.1) is 6.10 Å². The highest BCUT2D eigenvalue weighted by Crippen LogP contribution is 2.16. The highest BCUT2D eigenvalue weighted by molar-refractivity contribution is 7.07. The average molecular weight is 279 g/mol. The van der Waals surface area contributed by atoms with Gasteiger partial charge in [0.25, 0.3) is 5.91 Å². The third kappa shape index (κ3) is 3.39. The predicted molar refractivity (Wildman–Crippen MR) is 72.7 cm³/mol. The van der Waals surface area contributed by atoms with Crippen LogP contribution in [0.1, 0.15) is 27.6 Å². The van der Waals surface area contributed by atoms with Gasteiger partial charge in [-0.2, -0.15) is 11.3 Å². The fourth-order valence-electron chi connectivity index (χ4n) is 1.71. The number of aliphatic hydroxyl groups excluding tert-OH is 1. The molecule has 1 heterocycles. The molecular formula is C14H14FNO2S. The summed E-state index contributed by atoms with van der Waals surface area (Å²) in [5, 5.41) is 16.1. The summed E-state index contributed by atoms with van der Waals surface area (Å²) >= 11 is 1.48. The molecule has 3 nitrogen and oxygen atoms in total. The number of halogens is 1. The number of rotatable bonds is 4. The topological polar surface area (TPSA) is 49.3 Å². The van der Waals surface area contributed by atoms with Crippen LogP contribution in [0.2, 0.25) is 0 Å². The van der Waals surface area contributed by atoms with E-state index in [2.05, 4.69) is 5.32 Å². The van der Waals surface area contributed by atoms with E-state index in [0.717, 1.165) is 5.56 Å². The number of hydrogen-bond donors (Lipinski definition) is 2. The van der Waals surface area contributed by atoms with Crippen LogP contribution in [0.4, 0.5) is 4.39 Å². The Kier molecular flexibility index (Phi) is 4.29. The number of hydrogen-bond acceptors (Lipinski definition) is 3. The van der Waals surface area contributed by atoms with E-state index in [0.29, 0.717) is 5.56 Å². The smallest absolute Gasteiger partial charge is 0.251 e. The lowest BCUT2D eigenvalue weighted by Gasteiger charge is -2.11. The molecule has 1 amide bonds. The van der Waals surface area contributed by atoms with Crippen molar-refractivity contribution in [2.24, 2.45) is 0 Å². The van der Waals surface area contributed by atoms with Gasteiger partial charge in [-0.3, -0.25) is 4.79 Å². The van der Waals surface area contributed by atoms with Gasteiger partial charge in [-0.05, 0) is 47.0 Å². The second-order valence-electron chi connectivity index (χ2n) is 4.24. The maximum Gasteiger partial charge on any atom is 0.251 e. The molecule has 1 aromatic heterocycles. The second kappa shape index (κ2) is 5.95. The molecule has 0 fully saturated rings. The average Bonchev–Trinajstić information content (AvgIpc) is 2.92. The Labute approximate surface area is 114 Å². The molecule has 5 heteroatoms. The first-order valence-electron chi connectivity index (χ1n) is 5.82. The number of nitrogens with one attached hydrogen (secondary N) is 1. The molecule has 0 radical (unpaired) electrons. The van der Waals surface area contributed by atoms with Crippen molar-refractivity contribution in [2.45, 2.75) is 13.0 Å². The standard InChI is InChI=1S/C14H14FNO2S/c1-9-2-3-11(15)6-12(9)14(18)16-7-13(17)10-4-5-19-8-10/h2-6,8,13,17H,7H2,1H3,(H,16,18). The Morgan fingerprint density at radius 3 is 2.95 bits per heavy atom. The van der Waals surface area contributed by atoms with Gasteiger partial charge in [0.2, 0.25) is 0 Å². The molecule has 0 spiro atoms. The first kappa shape index (κ1) is 13.7. The van der Waals surface area contributed by atoms with Crippen LogP contribution in [0, 0.1) is 12.7 Å². The number of amides is 1. The SMILES string of the molecule is Cc1ccc(F)cc1C(=O)NCC(O)c1ccsc1. The summed E-state index contributed by atoms with van der Waals surface area (Å²) in [5.74, 6) is -0.833. The molecule has 100 valence electrons. The summed E-state index contributed by atoms with van der Waals surface area (Å²) in [5.41, 5.74) is 1.75. The molecule has 1 aromatic carbocycles. The molecule has 19 heavy (non-hydrogen) atoms. The van der Waals surface area contributed by atoms with Crippen molar-refractivity contribution < 1.29 is 14.3 Å². The van der Waals surface area contributed by atoms with Gasteiger partial charge in [0.1, 0.15) is 5.82 Å². The quantitative estimate of drug-likeness (QED) is 0.904. The first-order valence-corrected chi connectivity index (χ1v) is 6.76. The van der Waals surface area contributed by atoms with Crippen LogP contribution in [-0.2, 0) is 0 Å². The number of carbonyl (C=O) groups excluding carboxylic acids is 1. The van der Waals surface area contributed by atoms with Gasteiger partial charge in [0, 0.05) is 12.1 Å². The minimum Gasteiger partial charge on any atom is -0.387 e. The fraction of sp³-hybridized carbons (Fsp3) is 0.214. The molecule has 0 aliphatic heterocycles. The number of benzene rings is 1. The van der Waals surface area contributed by atoms with E-state index in [4.69, 9.17) is 0 Å². The van der Waals surface area contributed by atoms with E-state index >= 15 is 0 Å². The van der Waals surface area contributed by atoms with Crippen molar-refractivity contribution in [2.75, 3.05) is 6.54 Å². The predicted octanol–water partition coefficient (Wildman–Crippen LogP) is 2.66. The van der Waals surface area contributed by atoms with Crippen molar-refractivity contribution in [3.8, 4) is 0 Å². The number of carbonyl (C=O) groups is 1. The van der Waals surface area contributed by atoms with Crippen LogP contribution in [0.5, 0.6) is 0 Å². The number of aryl methyl sites for hydroxylation is 1. The Bertz CT molecular complexity index is 569. The van der Waals surface area contributed by atoms with Crippen LogP contribution in [0.15, 0.2) is 35.0 Å². The van der Waals surface area contributed by atoms with E-state index in [1.807, 2.05) is 10.8 Å². The third-order valence-electron chi connectivity index (χ3n) is 2.83. The van der Waals surface area contributed by atoms with Crippen molar-refractivity contribution >= 4 is 17.2 Å². The Balaban J connectivity index is 2.00. The van der Waals surface area contributed by atoms with Gasteiger partial charge in [-0.25, -0.2) is 4.39 Å². The largest absolute Gasteiger partial charge is 0.387 e. The van der Waals surface area contributed by atoms with Crippen LogP contribution < -0.4 is 5.32 Å². The number of aliphatic hydroxyl groups is 1. The highest BCUT2D eigenvalue weighted by Gasteiger charge is 2.13. The molecule has 0 saturated heterocycles. The lowest BCUT2D eigenvalue weighted by molar-refractivity contribution is 0.0915. The molecular weight excluding hydrogens is 265 g/mol. The summed E-state index contributed by atoms with van der Waals surface area (Å²) in [7, 11) is 0. The lowest BCUT2D eigenvalue weighted by Crippen LogP contribution is -2.28. The van der Waals surface area contributed by atoms with Crippen LogP contribution >= 0.6 is 11.3 Å². The monoisotopic (exact) mass is 279 g/mol. The summed E-state index contributed by atoms with van der Waals surface area (Å²) in [6.45, 7) is 1.84. The summed E-state index contributed by atoms with van der Waals surface area (Å²) < 4.78 is 13.1. The molecule has 1 unspecified atom stereocenters. The van der Waals surface area contributed by atoms with Crippen molar-refractivity contribution in [3.63, 3.8) is 0 Å². The Morgan fingerprint density at radius 2 is 2.26 bits per heavy atom. The van der Waals surface area contributed by atoms with Gasteiger partial charge < -0.3 is 10.4 Å². The van der Waals surface area contributed by atoms with Crippen molar-refractivity contribution in [1.29, 1.82) is 0 Å². The number of thiophene rings is 1. The maximum absolute atomic E-state index is 13.1. The molecule has 0 aliphatic rings. The van der Waals surface area contributed by atoms with Gasteiger partial charge >= 0.3 is 0 Å². The third-order valence-corrected chi connectivity index (χ3v) is 3.53. The molecule has 2 aromatic rings. The van der Waals surface area contributed by atoms with E-state index in [-0.39, 0.29) is 18.0 Å². The summed E-state index contributed by atoms with van der Waals surface area (Å²) in [6.07, 6.45) is -0.746. The molecule has 0 aliphatic carbocycles. The minimum atomic E-state index is -0.746. The van der Waals surface area contributed by atoms with E-state index in [9.17, 15) is 14.3 Å². The fourth-order valence-corrected chi connectivity index (χ4v) is 2.41. The van der Waals surface area contributed by atoms with Gasteiger partial charge in [-0.15, -0.1) is 0 Å². The first-order chi connectivity index (χ1) is 9.08. The van der Waals surface area contributed by atoms with E-state index in [1.54, 1.807) is 19.1 Å². The summed E-state index contributed by atoms with van der Waals surface area (Å²) in [4.78, 5) is 11.9. The van der Waals surface area contributed by atoms with E-state index < -0.39 is 11.9 Å². The second-order valence-corrected chi connectivity index (χ2v) is 5.02. The van der Waals surface area contributed by atoms with Crippen LogP contribution in [0.25, 0.3) is 0 Å². The molecule has 0 saturated carbocycles. The summed E-state index contributed by atoms with van der Waals surface area (Å²) in [6, 6.07) is 5.86. The van der Waals surface area contributed by atoms with Crippen molar-refractivity contribution in [1.82, 2.24) is 5.32 Å². The van der Waals surface area contributed by atoms with Gasteiger partial charge in [0.15, 0.2) is 0 Å². The molecule has 2 rings (SSSR count). The Morgan fingerprint density at radius 1 is 1.47 bits per heavy atom. The molecule has 2 N–H and O–H groups in total. The zero-order valence-corrected chi connectivity index (χ0v) is 11.2. The van der Waals surface area contributed by atoms with Crippen molar-refractivity contribution in [3.05, 3.63) is 57.5 Å². The maximum atomic E-state index is 13.1. The minimum absolute atomic E-state index is 0.103. The molecule has 0 bridgehead atoms.